The van der Waals surface area contributed by atoms with Gasteiger partial charge in [0.2, 0.25) is 0 Å². The molecule has 2 heterocycles. The van der Waals surface area contributed by atoms with Crippen molar-refractivity contribution in [3.8, 4) is 0 Å². The summed E-state index contributed by atoms with van der Waals surface area (Å²) in [6.07, 6.45) is -0.226. The van der Waals surface area contributed by atoms with E-state index < -0.39 is 20.7 Å². The molecule has 1 unspecified atom stereocenters. The van der Waals surface area contributed by atoms with E-state index >= 15 is 0 Å². The van der Waals surface area contributed by atoms with Gasteiger partial charge in [-0.2, -0.15) is 18.3 Å². The van der Waals surface area contributed by atoms with Gasteiger partial charge in [-0.25, -0.2) is 4.68 Å². The van der Waals surface area contributed by atoms with Crippen LogP contribution in [0.1, 0.15) is 31.9 Å². The molecule has 3 nitrogen and oxygen atoms in total. The standard InChI is InChI=1S/C13H21F3N2OSi/c1-20(2,10-7-13(14,15)16)12-6-8-17-18(12)11-5-3-4-9-19-11/h6,8,11H,3-5,7,9-10H2,1-2H3. The Bertz CT molecular complexity index is 439. The average Bonchev–Trinajstić information content (AvgIpc) is 2.87. The zero-order chi connectivity index (χ0) is 14.8. The van der Waals surface area contributed by atoms with Gasteiger partial charge >= 0.3 is 6.18 Å². The lowest BCUT2D eigenvalue weighted by Gasteiger charge is -2.30. The SMILES string of the molecule is C[Si](C)(CCC(F)(F)F)c1ccnn1C1CCCCO1. The predicted molar refractivity (Wildman–Crippen MR) is 73.7 cm³/mol. The number of halogens is 3. The van der Waals surface area contributed by atoms with Crippen LogP contribution in [-0.4, -0.2) is 30.6 Å². The van der Waals surface area contributed by atoms with Gasteiger partial charge in [0.05, 0.1) is 0 Å². The first-order valence-corrected chi connectivity index (χ1v) is 10.2. The summed E-state index contributed by atoms with van der Waals surface area (Å²) in [5.74, 6) is 0. The summed E-state index contributed by atoms with van der Waals surface area (Å²) in [5, 5.41) is 5.25. The van der Waals surface area contributed by atoms with Crippen molar-refractivity contribution in [2.75, 3.05) is 6.61 Å². The molecule has 0 amide bonds. The summed E-state index contributed by atoms with van der Waals surface area (Å²) >= 11 is 0. The molecule has 1 fully saturated rings. The van der Waals surface area contributed by atoms with Crippen LogP contribution in [0.15, 0.2) is 12.3 Å². The number of alkyl halides is 3. The highest BCUT2D eigenvalue weighted by molar-refractivity contribution is 6.89. The summed E-state index contributed by atoms with van der Waals surface area (Å²) in [6.45, 7) is 4.64. The molecule has 0 aliphatic carbocycles. The molecule has 1 saturated heterocycles. The van der Waals surface area contributed by atoms with Crippen molar-refractivity contribution in [2.45, 2.75) is 57.2 Å². The van der Waals surface area contributed by atoms with Crippen LogP contribution >= 0.6 is 0 Å². The predicted octanol–water partition coefficient (Wildman–Crippen LogP) is 3.45. The highest BCUT2D eigenvalue weighted by Crippen LogP contribution is 2.27. The van der Waals surface area contributed by atoms with Crippen molar-refractivity contribution in [1.82, 2.24) is 9.78 Å². The molecule has 0 aromatic carbocycles. The fourth-order valence-corrected chi connectivity index (χ4v) is 5.09. The van der Waals surface area contributed by atoms with Gasteiger partial charge in [-0.3, -0.25) is 0 Å². The van der Waals surface area contributed by atoms with Crippen LogP contribution in [0.3, 0.4) is 0 Å². The van der Waals surface area contributed by atoms with E-state index in [1.165, 1.54) is 0 Å². The third-order valence-electron chi connectivity index (χ3n) is 3.83. The monoisotopic (exact) mass is 306 g/mol. The molecule has 0 N–H and O–H groups in total. The maximum Gasteiger partial charge on any atom is 0.388 e. The Labute approximate surface area is 118 Å². The van der Waals surface area contributed by atoms with Crippen molar-refractivity contribution in [2.24, 2.45) is 0 Å². The number of aromatic nitrogens is 2. The molecule has 1 atom stereocenters. The third kappa shape index (κ3) is 3.85. The number of rotatable bonds is 4. The quantitative estimate of drug-likeness (QED) is 0.797. The summed E-state index contributed by atoms with van der Waals surface area (Å²) in [4.78, 5) is 0. The molecule has 0 saturated carbocycles. The Hall–Kier alpha value is -0.823. The maximum atomic E-state index is 12.5. The fourth-order valence-electron chi connectivity index (χ4n) is 2.58. The van der Waals surface area contributed by atoms with E-state index in [4.69, 9.17) is 4.74 Å². The summed E-state index contributed by atoms with van der Waals surface area (Å²) in [7, 11) is -2.17. The van der Waals surface area contributed by atoms with Gasteiger partial charge in [0.1, 0.15) is 14.3 Å². The number of hydrogen-bond acceptors (Lipinski definition) is 2. The Morgan fingerprint density at radius 3 is 2.75 bits per heavy atom. The van der Waals surface area contributed by atoms with Gasteiger partial charge in [-0.1, -0.05) is 13.1 Å². The average molecular weight is 306 g/mol. The first kappa shape index (κ1) is 15.6. The van der Waals surface area contributed by atoms with Crippen molar-refractivity contribution in [3.63, 3.8) is 0 Å². The van der Waals surface area contributed by atoms with E-state index in [1.54, 1.807) is 6.20 Å². The van der Waals surface area contributed by atoms with Crippen LogP contribution in [0.5, 0.6) is 0 Å². The van der Waals surface area contributed by atoms with Gasteiger partial charge in [-0.05, 0) is 31.4 Å². The molecule has 2 rings (SSSR count). The zero-order valence-corrected chi connectivity index (χ0v) is 12.9. The summed E-state index contributed by atoms with van der Waals surface area (Å²) < 4.78 is 44.9. The van der Waals surface area contributed by atoms with E-state index in [1.807, 2.05) is 23.8 Å². The Balaban J connectivity index is 2.13. The van der Waals surface area contributed by atoms with Crippen molar-refractivity contribution in [3.05, 3.63) is 12.3 Å². The highest BCUT2D eigenvalue weighted by Gasteiger charge is 2.36. The van der Waals surface area contributed by atoms with E-state index in [2.05, 4.69) is 5.10 Å². The lowest BCUT2D eigenvalue weighted by molar-refractivity contribution is -0.130. The maximum absolute atomic E-state index is 12.5. The Morgan fingerprint density at radius 2 is 2.15 bits per heavy atom. The van der Waals surface area contributed by atoms with Crippen LogP contribution in [0.4, 0.5) is 13.2 Å². The second kappa shape index (κ2) is 5.89. The van der Waals surface area contributed by atoms with E-state index in [9.17, 15) is 13.2 Å². The molecule has 1 aliphatic rings. The minimum atomic E-state index is -4.09. The Kier molecular flexibility index (Phi) is 4.58. The first-order valence-electron chi connectivity index (χ1n) is 7.02. The highest BCUT2D eigenvalue weighted by atomic mass is 28.3. The molecular weight excluding hydrogens is 285 g/mol. The van der Waals surface area contributed by atoms with Crippen LogP contribution in [0.2, 0.25) is 19.1 Å². The molecule has 0 spiro atoms. The second-order valence-corrected chi connectivity index (χ2v) is 10.8. The molecule has 1 aromatic heterocycles. The summed E-state index contributed by atoms with van der Waals surface area (Å²) in [6, 6.07) is 2.05. The van der Waals surface area contributed by atoms with Crippen LogP contribution in [0, 0.1) is 0 Å². The van der Waals surface area contributed by atoms with Gasteiger partial charge in [0.25, 0.3) is 0 Å². The van der Waals surface area contributed by atoms with E-state index in [0.29, 0.717) is 6.61 Å². The first-order chi connectivity index (χ1) is 9.30. The molecule has 1 aliphatic heterocycles. The van der Waals surface area contributed by atoms with Crippen molar-refractivity contribution >= 4 is 13.4 Å². The number of nitrogens with zero attached hydrogens (tertiary/aromatic N) is 2. The van der Waals surface area contributed by atoms with Gasteiger partial charge in [0, 0.05) is 24.5 Å². The van der Waals surface area contributed by atoms with Crippen molar-refractivity contribution < 1.29 is 17.9 Å². The van der Waals surface area contributed by atoms with Crippen LogP contribution < -0.4 is 5.32 Å². The normalized spacial score (nSPS) is 21.1. The minimum absolute atomic E-state index is 0.105. The summed E-state index contributed by atoms with van der Waals surface area (Å²) in [5.41, 5.74) is 0. The zero-order valence-electron chi connectivity index (χ0n) is 11.9. The van der Waals surface area contributed by atoms with E-state index in [0.717, 1.165) is 24.6 Å². The third-order valence-corrected chi connectivity index (χ3v) is 7.11. The smallest absolute Gasteiger partial charge is 0.357 e. The number of hydrogen-bond donors (Lipinski definition) is 0. The lowest BCUT2D eigenvalue weighted by atomic mass is 10.2. The van der Waals surface area contributed by atoms with Crippen LogP contribution in [-0.2, 0) is 4.74 Å². The molecule has 20 heavy (non-hydrogen) atoms. The lowest BCUT2D eigenvalue weighted by Crippen LogP contribution is -2.48. The van der Waals surface area contributed by atoms with Gasteiger partial charge in [-0.15, -0.1) is 0 Å². The largest absolute Gasteiger partial charge is 0.388 e. The number of ether oxygens (including phenoxy) is 1. The molecule has 1 aromatic rings. The van der Waals surface area contributed by atoms with E-state index in [-0.39, 0.29) is 12.3 Å². The van der Waals surface area contributed by atoms with Gasteiger partial charge in [0.15, 0.2) is 0 Å². The topological polar surface area (TPSA) is 27.1 Å². The van der Waals surface area contributed by atoms with Gasteiger partial charge < -0.3 is 4.74 Å². The fraction of sp³-hybridized carbons (Fsp3) is 0.769. The molecule has 7 heteroatoms. The van der Waals surface area contributed by atoms with Crippen molar-refractivity contribution in [1.29, 1.82) is 0 Å². The molecule has 0 bridgehead atoms. The second-order valence-electron chi connectivity index (χ2n) is 5.98. The van der Waals surface area contributed by atoms with Crippen LogP contribution in [0.25, 0.3) is 0 Å². The molecular formula is C13H21F3N2OSi. The Morgan fingerprint density at radius 1 is 1.40 bits per heavy atom. The minimum Gasteiger partial charge on any atom is -0.357 e. The molecule has 0 radical (unpaired) electrons. The molecule has 114 valence electrons.